The molecule has 0 unspecified atom stereocenters. The van der Waals surface area contributed by atoms with Crippen molar-refractivity contribution in [1.29, 1.82) is 0 Å². The Bertz CT molecular complexity index is 309. The first-order valence-corrected chi connectivity index (χ1v) is 5.97. The van der Waals surface area contributed by atoms with Gasteiger partial charge in [0.15, 0.2) is 0 Å². The Morgan fingerprint density at radius 1 is 1.38 bits per heavy atom. The summed E-state index contributed by atoms with van der Waals surface area (Å²) in [5, 5.41) is 3.03. The van der Waals surface area contributed by atoms with Crippen LogP contribution < -0.4 is 10.1 Å². The van der Waals surface area contributed by atoms with Gasteiger partial charge in [0.25, 0.3) is 0 Å². The Morgan fingerprint density at radius 3 is 2.81 bits per heavy atom. The highest BCUT2D eigenvalue weighted by molar-refractivity contribution is 5.06. The lowest BCUT2D eigenvalue weighted by molar-refractivity contribution is 0.216. The van der Waals surface area contributed by atoms with Crippen LogP contribution in [0.5, 0.6) is 5.88 Å². The molecular weight excluding hydrogens is 202 g/mol. The van der Waals surface area contributed by atoms with Crippen LogP contribution in [0.2, 0.25) is 0 Å². The molecule has 0 aromatic carbocycles. The molecule has 0 saturated heterocycles. The molecule has 0 bridgehead atoms. The van der Waals surface area contributed by atoms with E-state index >= 15 is 0 Å². The van der Waals surface area contributed by atoms with E-state index in [-0.39, 0.29) is 0 Å². The Morgan fingerprint density at radius 2 is 2.25 bits per heavy atom. The molecule has 0 spiro atoms. The smallest absolute Gasteiger partial charge is 0.232 e. The maximum absolute atomic E-state index is 5.55. The Balaban J connectivity index is 1.71. The average Bonchev–Trinajstić information content (AvgIpc) is 2.24. The molecule has 0 aliphatic heterocycles. The lowest BCUT2D eigenvalue weighted by Gasteiger charge is -2.24. The third kappa shape index (κ3) is 3.17. The molecule has 1 saturated carbocycles. The predicted molar refractivity (Wildman–Crippen MR) is 62.2 cm³/mol. The minimum atomic E-state index is 0.638. The van der Waals surface area contributed by atoms with Crippen molar-refractivity contribution in [3.05, 3.63) is 18.1 Å². The van der Waals surface area contributed by atoms with E-state index in [0.717, 1.165) is 31.2 Å². The van der Waals surface area contributed by atoms with Crippen molar-refractivity contribution >= 4 is 0 Å². The van der Waals surface area contributed by atoms with Crippen LogP contribution in [0.1, 0.15) is 31.4 Å². The van der Waals surface area contributed by atoms with E-state index in [2.05, 4.69) is 15.3 Å². The van der Waals surface area contributed by atoms with Gasteiger partial charge in [-0.2, -0.15) is 0 Å². The molecule has 0 amide bonds. The fourth-order valence-electron chi connectivity index (χ4n) is 1.80. The Kier molecular flexibility index (Phi) is 4.10. The average molecular weight is 221 g/mol. The molecule has 2 rings (SSSR count). The zero-order valence-corrected chi connectivity index (χ0v) is 9.78. The van der Waals surface area contributed by atoms with E-state index in [1.54, 1.807) is 12.4 Å². The van der Waals surface area contributed by atoms with Crippen LogP contribution in [0.15, 0.2) is 12.4 Å². The summed E-state index contributed by atoms with van der Waals surface area (Å²) in [6.07, 6.45) is 8.75. The maximum Gasteiger partial charge on any atom is 0.232 e. The summed E-state index contributed by atoms with van der Waals surface area (Å²) < 4.78 is 5.55. The van der Waals surface area contributed by atoms with Crippen molar-refractivity contribution in [2.45, 2.75) is 32.2 Å². The summed E-state index contributed by atoms with van der Waals surface area (Å²) in [6, 6.07) is 0. The third-order valence-electron chi connectivity index (χ3n) is 3.04. The zero-order valence-electron chi connectivity index (χ0n) is 9.78. The summed E-state index contributed by atoms with van der Waals surface area (Å²) in [5.41, 5.74) is 0.939. The number of hydrogen-bond donors (Lipinski definition) is 1. The molecule has 4 nitrogen and oxygen atoms in total. The molecule has 16 heavy (non-hydrogen) atoms. The van der Waals surface area contributed by atoms with Crippen LogP contribution in [0, 0.1) is 5.92 Å². The number of hydrogen-bond acceptors (Lipinski definition) is 4. The molecule has 1 fully saturated rings. The van der Waals surface area contributed by atoms with Crippen molar-refractivity contribution in [2.24, 2.45) is 5.92 Å². The summed E-state index contributed by atoms with van der Waals surface area (Å²) in [7, 11) is 1.89. The van der Waals surface area contributed by atoms with Gasteiger partial charge in [0.2, 0.25) is 5.88 Å². The van der Waals surface area contributed by atoms with E-state index < -0.39 is 0 Å². The van der Waals surface area contributed by atoms with Crippen molar-refractivity contribution in [1.82, 2.24) is 15.3 Å². The van der Waals surface area contributed by atoms with Gasteiger partial charge < -0.3 is 10.1 Å². The number of nitrogens with zero attached hydrogens (tertiary/aromatic N) is 2. The highest BCUT2D eigenvalue weighted by Crippen LogP contribution is 2.29. The second-order valence-corrected chi connectivity index (χ2v) is 4.31. The molecule has 0 atom stereocenters. The lowest BCUT2D eigenvalue weighted by Crippen LogP contribution is -2.15. The first-order valence-electron chi connectivity index (χ1n) is 5.97. The van der Waals surface area contributed by atoms with E-state index in [4.69, 9.17) is 4.74 Å². The van der Waals surface area contributed by atoms with Gasteiger partial charge in [-0.15, -0.1) is 0 Å². The Labute approximate surface area is 96.4 Å². The molecule has 1 aliphatic rings. The third-order valence-corrected chi connectivity index (χ3v) is 3.04. The molecule has 88 valence electrons. The fourth-order valence-corrected chi connectivity index (χ4v) is 1.80. The van der Waals surface area contributed by atoms with Crippen LogP contribution in [0.4, 0.5) is 0 Å². The van der Waals surface area contributed by atoms with E-state index in [9.17, 15) is 0 Å². The van der Waals surface area contributed by atoms with Gasteiger partial charge in [0.1, 0.15) is 0 Å². The lowest BCUT2D eigenvalue weighted by atomic mass is 9.83. The molecule has 1 N–H and O–H groups in total. The van der Waals surface area contributed by atoms with Crippen LogP contribution >= 0.6 is 0 Å². The summed E-state index contributed by atoms with van der Waals surface area (Å²) >= 11 is 0. The quantitative estimate of drug-likeness (QED) is 0.795. The largest absolute Gasteiger partial charge is 0.477 e. The molecule has 1 aromatic heterocycles. The van der Waals surface area contributed by atoms with Gasteiger partial charge in [0.05, 0.1) is 24.7 Å². The summed E-state index contributed by atoms with van der Waals surface area (Å²) in [5.74, 6) is 1.52. The standard InChI is InChI=1S/C12H19N3O/c1-13-7-11-8-15-12(9-14-11)16-6-5-10-3-2-4-10/h8-10,13H,2-7H2,1H3. The van der Waals surface area contributed by atoms with Crippen molar-refractivity contribution in [3.8, 4) is 5.88 Å². The fraction of sp³-hybridized carbons (Fsp3) is 0.667. The number of aromatic nitrogens is 2. The number of rotatable bonds is 6. The first-order chi connectivity index (χ1) is 7.88. The zero-order chi connectivity index (χ0) is 11.2. The van der Waals surface area contributed by atoms with Crippen molar-refractivity contribution in [2.75, 3.05) is 13.7 Å². The van der Waals surface area contributed by atoms with Crippen LogP contribution in [0.3, 0.4) is 0 Å². The molecule has 0 radical (unpaired) electrons. The molecule has 1 aliphatic carbocycles. The summed E-state index contributed by atoms with van der Waals surface area (Å²) in [6.45, 7) is 1.51. The van der Waals surface area contributed by atoms with Crippen molar-refractivity contribution < 1.29 is 4.74 Å². The van der Waals surface area contributed by atoms with Crippen LogP contribution in [-0.2, 0) is 6.54 Å². The van der Waals surface area contributed by atoms with Crippen molar-refractivity contribution in [3.63, 3.8) is 0 Å². The van der Waals surface area contributed by atoms with Crippen LogP contribution in [-0.4, -0.2) is 23.6 Å². The monoisotopic (exact) mass is 221 g/mol. The van der Waals surface area contributed by atoms with Gasteiger partial charge in [-0.3, -0.25) is 4.98 Å². The topological polar surface area (TPSA) is 47.0 Å². The van der Waals surface area contributed by atoms with E-state index in [0.29, 0.717) is 5.88 Å². The van der Waals surface area contributed by atoms with Gasteiger partial charge in [-0.1, -0.05) is 19.3 Å². The molecular formula is C12H19N3O. The first kappa shape index (κ1) is 11.3. The van der Waals surface area contributed by atoms with Gasteiger partial charge >= 0.3 is 0 Å². The van der Waals surface area contributed by atoms with Gasteiger partial charge in [-0.05, 0) is 19.4 Å². The normalized spacial score (nSPS) is 15.8. The number of nitrogens with one attached hydrogen (secondary N) is 1. The van der Waals surface area contributed by atoms with E-state index in [1.165, 1.54) is 19.3 Å². The van der Waals surface area contributed by atoms with Gasteiger partial charge in [0, 0.05) is 6.54 Å². The molecule has 1 heterocycles. The second-order valence-electron chi connectivity index (χ2n) is 4.31. The highest BCUT2D eigenvalue weighted by Gasteiger charge is 2.16. The van der Waals surface area contributed by atoms with Crippen LogP contribution in [0.25, 0.3) is 0 Å². The Hall–Kier alpha value is -1.16. The van der Waals surface area contributed by atoms with Gasteiger partial charge in [-0.25, -0.2) is 4.98 Å². The summed E-state index contributed by atoms with van der Waals surface area (Å²) in [4.78, 5) is 8.46. The van der Waals surface area contributed by atoms with E-state index in [1.807, 2.05) is 7.05 Å². The highest BCUT2D eigenvalue weighted by atomic mass is 16.5. The minimum absolute atomic E-state index is 0.638. The maximum atomic E-state index is 5.55. The molecule has 4 heteroatoms. The predicted octanol–water partition coefficient (Wildman–Crippen LogP) is 1.77. The molecule has 1 aromatic rings. The SMILES string of the molecule is CNCc1cnc(OCCC2CCC2)cn1. The number of ether oxygens (including phenoxy) is 1. The second kappa shape index (κ2) is 5.80. The minimum Gasteiger partial charge on any atom is -0.477 e.